The number of hydrogen-bond acceptors (Lipinski definition) is 5. The van der Waals surface area contributed by atoms with E-state index in [1.54, 1.807) is 43.3 Å². The van der Waals surface area contributed by atoms with Gasteiger partial charge in [-0.25, -0.2) is 4.79 Å². The Kier molecular flexibility index (Phi) is 6.24. The van der Waals surface area contributed by atoms with Gasteiger partial charge in [0.05, 0.1) is 12.8 Å². The van der Waals surface area contributed by atoms with Crippen molar-refractivity contribution < 1.29 is 23.9 Å². The van der Waals surface area contributed by atoms with Gasteiger partial charge in [0, 0.05) is 12.6 Å². The Bertz CT molecular complexity index is 1020. The van der Waals surface area contributed by atoms with Crippen LogP contribution in [0.15, 0.2) is 48.5 Å². The van der Waals surface area contributed by atoms with Crippen molar-refractivity contribution in [1.82, 2.24) is 10.2 Å². The number of benzene rings is 2. The Morgan fingerprint density at radius 1 is 1.10 bits per heavy atom. The second-order valence-electron chi connectivity index (χ2n) is 7.09. The van der Waals surface area contributed by atoms with E-state index in [0.717, 1.165) is 4.90 Å². The second kappa shape index (κ2) is 8.86. The fourth-order valence-corrected chi connectivity index (χ4v) is 3.55. The first kappa shape index (κ1) is 21.8. The molecule has 1 aliphatic heterocycles. The SMILES string of the molecule is CCC1(c2ccccc2)NC(=O)N(CC(=O)Nc2cc(NC(C)=O)ccc2OC)C1=O. The minimum Gasteiger partial charge on any atom is -0.495 e. The van der Waals surface area contributed by atoms with Crippen molar-refractivity contribution >= 4 is 35.1 Å². The highest BCUT2D eigenvalue weighted by Crippen LogP contribution is 2.32. The number of hydrogen-bond donors (Lipinski definition) is 3. The number of methoxy groups -OCH3 is 1. The number of urea groups is 1. The van der Waals surface area contributed by atoms with Crippen molar-refractivity contribution in [2.75, 3.05) is 24.3 Å². The lowest BCUT2D eigenvalue weighted by molar-refractivity contribution is -0.134. The molecular weight excluding hydrogens is 400 g/mol. The summed E-state index contributed by atoms with van der Waals surface area (Å²) in [4.78, 5) is 50.6. The molecule has 9 heteroatoms. The molecule has 162 valence electrons. The summed E-state index contributed by atoms with van der Waals surface area (Å²) in [6, 6.07) is 13.0. The summed E-state index contributed by atoms with van der Waals surface area (Å²) in [6.45, 7) is 2.70. The van der Waals surface area contributed by atoms with Crippen molar-refractivity contribution in [2.24, 2.45) is 0 Å². The summed E-state index contributed by atoms with van der Waals surface area (Å²) in [7, 11) is 1.44. The molecule has 1 heterocycles. The topological polar surface area (TPSA) is 117 Å². The molecule has 3 N–H and O–H groups in total. The molecule has 3 rings (SSSR count). The zero-order valence-corrected chi connectivity index (χ0v) is 17.5. The predicted octanol–water partition coefficient (Wildman–Crippen LogP) is 2.45. The maximum absolute atomic E-state index is 13.1. The highest BCUT2D eigenvalue weighted by molar-refractivity contribution is 6.10. The number of amides is 5. The maximum atomic E-state index is 13.1. The minimum atomic E-state index is -1.21. The van der Waals surface area contributed by atoms with Gasteiger partial charge in [-0.05, 0) is 30.2 Å². The number of imide groups is 1. The van der Waals surface area contributed by atoms with E-state index < -0.39 is 29.9 Å². The number of rotatable bonds is 7. The van der Waals surface area contributed by atoms with Crippen LogP contribution in [0.4, 0.5) is 16.2 Å². The summed E-state index contributed by atoms with van der Waals surface area (Å²) < 4.78 is 5.24. The molecule has 0 aliphatic carbocycles. The molecule has 31 heavy (non-hydrogen) atoms. The zero-order chi connectivity index (χ0) is 22.6. The van der Waals surface area contributed by atoms with Gasteiger partial charge < -0.3 is 20.7 Å². The van der Waals surface area contributed by atoms with Gasteiger partial charge >= 0.3 is 6.03 Å². The molecule has 5 amide bonds. The van der Waals surface area contributed by atoms with Crippen LogP contribution in [0.1, 0.15) is 25.8 Å². The van der Waals surface area contributed by atoms with E-state index in [1.807, 2.05) is 6.07 Å². The number of nitrogens with one attached hydrogen (secondary N) is 3. The van der Waals surface area contributed by atoms with Crippen LogP contribution in [-0.2, 0) is 19.9 Å². The molecule has 0 spiro atoms. The van der Waals surface area contributed by atoms with Crippen LogP contribution < -0.4 is 20.7 Å². The molecule has 1 fully saturated rings. The summed E-state index contributed by atoms with van der Waals surface area (Å²) in [6.07, 6.45) is 0.340. The maximum Gasteiger partial charge on any atom is 0.325 e. The summed E-state index contributed by atoms with van der Waals surface area (Å²) in [5.41, 5.74) is 0.216. The van der Waals surface area contributed by atoms with Gasteiger partial charge in [-0.15, -0.1) is 0 Å². The standard InChI is InChI=1S/C22H24N4O5/c1-4-22(15-8-6-5-7-9-15)20(29)26(21(30)25-22)13-19(28)24-17-12-16(23-14(2)27)10-11-18(17)31-3/h5-12H,4,13H2,1-3H3,(H,23,27)(H,24,28)(H,25,30). The summed E-state index contributed by atoms with van der Waals surface area (Å²) in [5, 5.41) is 8.00. The van der Waals surface area contributed by atoms with E-state index in [4.69, 9.17) is 4.74 Å². The predicted molar refractivity (Wildman–Crippen MR) is 115 cm³/mol. The quantitative estimate of drug-likeness (QED) is 0.591. The van der Waals surface area contributed by atoms with E-state index in [9.17, 15) is 19.2 Å². The Balaban J connectivity index is 1.79. The first-order chi connectivity index (χ1) is 14.8. The Hall–Kier alpha value is -3.88. The van der Waals surface area contributed by atoms with Crippen LogP contribution >= 0.6 is 0 Å². The molecule has 1 atom stereocenters. The molecule has 1 unspecified atom stereocenters. The van der Waals surface area contributed by atoms with E-state index in [0.29, 0.717) is 29.1 Å². The van der Waals surface area contributed by atoms with Crippen LogP contribution in [0.3, 0.4) is 0 Å². The van der Waals surface area contributed by atoms with E-state index >= 15 is 0 Å². The third kappa shape index (κ3) is 4.35. The number of carbonyl (C=O) groups excluding carboxylic acids is 4. The van der Waals surface area contributed by atoms with Crippen LogP contribution in [0.5, 0.6) is 5.75 Å². The van der Waals surface area contributed by atoms with Crippen LogP contribution in [-0.4, -0.2) is 42.3 Å². The van der Waals surface area contributed by atoms with Crippen molar-refractivity contribution in [1.29, 1.82) is 0 Å². The Labute approximate surface area is 179 Å². The van der Waals surface area contributed by atoms with Gasteiger partial charge in [0.25, 0.3) is 5.91 Å². The van der Waals surface area contributed by atoms with Crippen molar-refractivity contribution in [2.45, 2.75) is 25.8 Å². The fraction of sp³-hybridized carbons (Fsp3) is 0.273. The first-order valence-corrected chi connectivity index (χ1v) is 9.76. The zero-order valence-electron chi connectivity index (χ0n) is 17.5. The molecule has 1 saturated heterocycles. The van der Waals surface area contributed by atoms with Gasteiger partial charge in [-0.2, -0.15) is 0 Å². The normalized spacial score (nSPS) is 17.8. The van der Waals surface area contributed by atoms with Crippen LogP contribution in [0.2, 0.25) is 0 Å². The molecule has 1 aliphatic rings. The summed E-state index contributed by atoms with van der Waals surface area (Å²) in [5.74, 6) is -0.965. The number of carbonyl (C=O) groups is 4. The molecule has 2 aromatic rings. The number of ether oxygens (including phenoxy) is 1. The summed E-state index contributed by atoms with van der Waals surface area (Å²) >= 11 is 0. The monoisotopic (exact) mass is 424 g/mol. The third-order valence-electron chi connectivity index (χ3n) is 5.07. The lowest BCUT2D eigenvalue weighted by Gasteiger charge is -2.25. The Morgan fingerprint density at radius 2 is 1.81 bits per heavy atom. The third-order valence-corrected chi connectivity index (χ3v) is 5.07. The first-order valence-electron chi connectivity index (χ1n) is 9.76. The van der Waals surface area contributed by atoms with Gasteiger partial charge in [0.2, 0.25) is 11.8 Å². The average Bonchev–Trinajstić information content (AvgIpc) is 2.99. The Morgan fingerprint density at radius 3 is 2.42 bits per heavy atom. The van der Waals surface area contributed by atoms with Gasteiger partial charge in [-0.1, -0.05) is 37.3 Å². The molecule has 0 aromatic heterocycles. The number of anilines is 2. The van der Waals surface area contributed by atoms with Gasteiger partial charge in [0.15, 0.2) is 0 Å². The highest BCUT2D eigenvalue weighted by atomic mass is 16.5. The van der Waals surface area contributed by atoms with Crippen molar-refractivity contribution in [3.63, 3.8) is 0 Å². The smallest absolute Gasteiger partial charge is 0.325 e. The van der Waals surface area contributed by atoms with E-state index in [1.165, 1.54) is 20.1 Å². The van der Waals surface area contributed by atoms with Crippen molar-refractivity contribution in [3.05, 3.63) is 54.1 Å². The number of nitrogens with zero attached hydrogens (tertiary/aromatic N) is 1. The van der Waals surface area contributed by atoms with Crippen molar-refractivity contribution in [3.8, 4) is 5.75 Å². The van der Waals surface area contributed by atoms with Crippen LogP contribution in [0, 0.1) is 0 Å². The lowest BCUT2D eigenvalue weighted by Crippen LogP contribution is -2.44. The van der Waals surface area contributed by atoms with E-state index in [2.05, 4.69) is 16.0 Å². The second-order valence-corrected chi connectivity index (χ2v) is 7.09. The molecule has 0 bridgehead atoms. The van der Waals surface area contributed by atoms with Crippen LogP contribution in [0.25, 0.3) is 0 Å². The highest BCUT2D eigenvalue weighted by Gasteiger charge is 2.51. The van der Waals surface area contributed by atoms with Gasteiger partial charge in [0.1, 0.15) is 17.8 Å². The van der Waals surface area contributed by atoms with Gasteiger partial charge in [-0.3, -0.25) is 19.3 Å². The minimum absolute atomic E-state index is 0.265. The molecular formula is C22H24N4O5. The average molecular weight is 424 g/mol. The molecule has 2 aromatic carbocycles. The molecule has 0 saturated carbocycles. The largest absolute Gasteiger partial charge is 0.495 e. The van der Waals surface area contributed by atoms with E-state index in [-0.39, 0.29) is 5.91 Å². The lowest BCUT2D eigenvalue weighted by atomic mass is 9.87. The fourth-order valence-electron chi connectivity index (χ4n) is 3.55. The molecule has 0 radical (unpaired) electrons. The molecule has 9 nitrogen and oxygen atoms in total.